The summed E-state index contributed by atoms with van der Waals surface area (Å²) in [4.78, 5) is 13.1. The van der Waals surface area contributed by atoms with Gasteiger partial charge in [0.25, 0.3) is 0 Å². The molecule has 0 unspecified atom stereocenters. The van der Waals surface area contributed by atoms with Gasteiger partial charge in [0, 0.05) is 39.3 Å². The minimum absolute atomic E-state index is 0.324. The largest absolute Gasteiger partial charge is 0.373 e. The first-order valence-corrected chi connectivity index (χ1v) is 6.02. The first kappa shape index (κ1) is 11.9. The minimum atomic E-state index is 0.324. The number of nitrogen functional groups attached to an aromatic ring is 1. The molecule has 2 heterocycles. The van der Waals surface area contributed by atoms with E-state index in [9.17, 15) is 0 Å². The highest BCUT2D eigenvalue weighted by atomic mass is 15.3. The van der Waals surface area contributed by atoms with Crippen molar-refractivity contribution in [3.63, 3.8) is 0 Å². The monoisotopic (exact) mass is 236 g/mol. The van der Waals surface area contributed by atoms with Crippen LogP contribution in [0.3, 0.4) is 0 Å². The number of piperazine rings is 1. The van der Waals surface area contributed by atoms with E-state index < -0.39 is 0 Å². The summed E-state index contributed by atoms with van der Waals surface area (Å²) in [5.41, 5.74) is 5.70. The lowest BCUT2D eigenvalue weighted by Crippen LogP contribution is -2.46. The zero-order valence-corrected chi connectivity index (χ0v) is 10.5. The van der Waals surface area contributed by atoms with Crippen LogP contribution in [0.2, 0.25) is 0 Å². The number of rotatable bonds is 3. The van der Waals surface area contributed by atoms with E-state index in [2.05, 4.69) is 32.0 Å². The van der Waals surface area contributed by atoms with Crippen LogP contribution in [0.1, 0.15) is 6.92 Å². The molecular formula is C11H20N6. The van der Waals surface area contributed by atoms with Crippen molar-refractivity contribution >= 4 is 17.6 Å². The molecule has 0 atom stereocenters. The molecule has 0 bridgehead atoms. The number of likely N-dealkylation sites (N-methyl/N-ethyl adjacent to an activating group) is 1. The Morgan fingerprint density at radius 3 is 2.59 bits per heavy atom. The Bertz CT molecular complexity index is 372. The number of hydrogen-bond acceptors (Lipinski definition) is 6. The number of nitrogens with one attached hydrogen (secondary N) is 1. The van der Waals surface area contributed by atoms with Crippen LogP contribution in [-0.2, 0) is 0 Å². The van der Waals surface area contributed by atoms with Crippen molar-refractivity contribution in [1.82, 2.24) is 14.9 Å². The van der Waals surface area contributed by atoms with E-state index in [4.69, 9.17) is 5.73 Å². The summed E-state index contributed by atoms with van der Waals surface area (Å²) in [5, 5.41) is 3.00. The third kappa shape index (κ3) is 2.76. The van der Waals surface area contributed by atoms with Crippen LogP contribution in [0.15, 0.2) is 6.07 Å². The highest BCUT2D eigenvalue weighted by Crippen LogP contribution is 2.18. The van der Waals surface area contributed by atoms with Crippen molar-refractivity contribution in [3.8, 4) is 0 Å². The number of nitrogens with zero attached hydrogens (tertiary/aromatic N) is 4. The number of nitrogens with two attached hydrogens (primary N) is 1. The molecule has 17 heavy (non-hydrogen) atoms. The summed E-state index contributed by atoms with van der Waals surface area (Å²) >= 11 is 0. The Labute approximate surface area is 102 Å². The first-order chi connectivity index (χ1) is 8.22. The molecule has 0 radical (unpaired) electrons. The molecular weight excluding hydrogens is 216 g/mol. The van der Waals surface area contributed by atoms with Crippen molar-refractivity contribution in [3.05, 3.63) is 6.07 Å². The Morgan fingerprint density at radius 1 is 1.29 bits per heavy atom. The van der Waals surface area contributed by atoms with Crippen LogP contribution in [0.25, 0.3) is 0 Å². The second-order valence-electron chi connectivity index (χ2n) is 4.14. The number of anilines is 3. The fraction of sp³-hybridized carbons (Fsp3) is 0.636. The maximum Gasteiger partial charge on any atom is 0.223 e. The molecule has 1 aromatic rings. The van der Waals surface area contributed by atoms with Crippen LogP contribution < -0.4 is 16.0 Å². The normalized spacial score (nSPS) is 17.2. The second kappa shape index (κ2) is 5.18. The van der Waals surface area contributed by atoms with Gasteiger partial charge in [-0.2, -0.15) is 9.97 Å². The van der Waals surface area contributed by atoms with Gasteiger partial charge in [0.1, 0.15) is 11.6 Å². The van der Waals surface area contributed by atoms with Crippen molar-refractivity contribution < 1.29 is 0 Å². The van der Waals surface area contributed by atoms with E-state index >= 15 is 0 Å². The van der Waals surface area contributed by atoms with Crippen molar-refractivity contribution in [2.45, 2.75) is 6.92 Å². The second-order valence-corrected chi connectivity index (χ2v) is 4.14. The van der Waals surface area contributed by atoms with Crippen LogP contribution in [0.5, 0.6) is 0 Å². The first-order valence-electron chi connectivity index (χ1n) is 6.02. The molecule has 6 nitrogen and oxygen atoms in total. The van der Waals surface area contributed by atoms with Crippen molar-refractivity contribution in [1.29, 1.82) is 0 Å². The van der Waals surface area contributed by atoms with Crippen LogP contribution in [-0.4, -0.2) is 54.6 Å². The summed E-state index contributed by atoms with van der Waals surface area (Å²) < 4.78 is 0. The Morgan fingerprint density at radius 2 is 2.00 bits per heavy atom. The highest BCUT2D eigenvalue weighted by molar-refractivity contribution is 5.52. The van der Waals surface area contributed by atoms with Gasteiger partial charge >= 0.3 is 0 Å². The maximum atomic E-state index is 5.70. The zero-order chi connectivity index (χ0) is 12.3. The lowest BCUT2D eigenvalue weighted by molar-refractivity contribution is 0.270. The molecule has 1 fully saturated rings. The molecule has 2 rings (SSSR count). The van der Waals surface area contributed by atoms with E-state index in [1.165, 1.54) is 0 Å². The average molecular weight is 236 g/mol. The fourth-order valence-electron chi connectivity index (χ4n) is 2.04. The van der Waals surface area contributed by atoms with E-state index in [1.807, 2.05) is 13.1 Å². The number of hydrogen-bond donors (Lipinski definition) is 2. The fourth-order valence-corrected chi connectivity index (χ4v) is 2.04. The highest BCUT2D eigenvalue weighted by Gasteiger charge is 2.17. The Hall–Kier alpha value is -1.56. The van der Waals surface area contributed by atoms with Gasteiger partial charge in [-0.3, -0.25) is 0 Å². The minimum Gasteiger partial charge on any atom is -0.373 e. The molecule has 0 aromatic carbocycles. The molecule has 3 N–H and O–H groups in total. The topological polar surface area (TPSA) is 70.3 Å². The molecule has 0 aliphatic carbocycles. The van der Waals surface area contributed by atoms with E-state index in [-0.39, 0.29) is 0 Å². The molecule has 0 saturated carbocycles. The van der Waals surface area contributed by atoms with Gasteiger partial charge in [-0.25, -0.2) is 0 Å². The third-order valence-corrected chi connectivity index (χ3v) is 3.13. The van der Waals surface area contributed by atoms with Crippen LogP contribution in [0, 0.1) is 0 Å². The van der Waals surface area contributed by atoms with E-state index in [0.717, 1.165) is 44.4 Å². The maximum absolute atomic E-state index is 5.70. The molecule has 0 spiro atoms. The summed E-state index contributed by atoms with van der Waals surface area (Å²) in [6, 6.07) is 1.94. The van der Waals surface area contributed by atoms with Gasteiger partial charge in [0.15, 0.2) is 0 Å². The van der Waals surface area contributed by atoms with Crippen LogP contribution >= 0.6 is 0 Å². The molecule has 6 heteroatoms. The lowest BCUT2D eigenvalue weighted by atomic mass is 10.3. The molecule has 1 aliphatic heterocycles. The van der Waals surface area contributed by atoms with Gasteiger partial charge in [0.2, 0.25) is 5.95 Å². The van der Waals surface area contributed by atoms with Gasteiger partial charge < -0.3 is 20.9 Å². The summed E-state index contributed by atoms with van der Waals surface area (Å²) in [5.74, 6) is 2.01. The smallest absolute Gasteiger partial charge is 0.223 e. The lowest BCUT2D eigenvalue weighted by Gasteiger charge is -2.34. The van der Waals surface area contributed by atoms with Crippen LogP contribution in [0.4, 0.5) is 17.6 Å². The SMILES string of the molecule is CCN1CCN(c2cc(NC)nc(N)n2)CC1. The van der Waals surface area contributed by atoms with Gasteiger partial charge in [-0.1, -0.05) is 6.92 Å². The molecule has 1 aromatic heterocycles. The van der Waals surface area contributed by atoms with E-state index in [1.54, 1.807) is 0 Å². The molecule has 94 valence electrons. The van der Waals surface area contributed by atoms with E-state index in [0.29, 0.717) is 5.95 Å². The number of aromatic nitrogens is 2. The van der Waals surface area contributed by atoms with Gasteiger partial charge in [0.05, 0.1) is 0 Å². The Balaban J connectivity index is 2.10. The predicted octanol–water partition coefficient (Wildman–Crippen LogP) is 0.242. The zero-order valence-electron chi connectivity index (χ0n) is 10.5. The molecule has 0 amide bonds. The van der Waals surface area contributed by atoms with Crippen molar-refractivity contribution in [2.75, 3.05) is 55.7 Å². The van der Waals surface area contributed by atoms with Gasteiger partial charge in [-0.05, 0) is 6.54 Å². The quantitative estimate of drug-likeness (QED) is 0.783. The predicted molar refractivity (Wildman–Crippen MR) is 70.3 cm³/mol. The summed E-state index contributed by atoms with van der Waals surface area (Å²) in [6.07, 6.45) is 0. The standard InChI is InChI=1S/C11H20N6/c1-3-16-4-6-17(7-5-16)10-8-9(13-2)14-11(12)15-10/h8H,3-7H2,1-2H3,(H3,12,13,14,15). The summed E-state index contributed by atoms with van der Waals surface area (Å²) in [6.45, 7) is 7.45. The summed E-state index contributed by atoms with van der Waals surface area (Å²) in [7, 11) is 1.83. The third-order valence-electron chi connectivity index (χ3n) is 3.13. The average Bonchev–Trinajstić information content (AvgIpc) is 2.38. The Kier molecular flexibility index (Phi) is 3.63. The molecule has 1 saturated heterocycles. The van der Waals surface area contributed by atoms with Crippen molar-refractivity contribution in [2.24, 2.45) is 0 Å². The molecule has 1 aliphatic rings. The van der Waals surface area contributed by atoms with Gasteiger partial charge in [-0.15, -0.1) is 0 Å².